The molecular weight excluding hydrogens is 236 g/mol. The summed E-state index contributed by atoms with van der Waals surface area (Å²) in [5, 5.41) is 12.0. The van der Waals surface area contributed by atoms with E-state index in [1.165, 1.54) is 0 Å². The first-order chi connectivity index (χ1) is 8.06. The Kier molecular flexibility index (Phi) is 3.28. The molecule has 0 unspecified atom stereocenters. The van der Waals surface area contributed by atoms with Gasteiger partial charge in [0.1, 0.15) is 0 Å². The zero-order valence-corrected chi connectivity index (χ0v) is 10.6. The Balaban J connectivity index is 2.11. The average Bonchev–Trinajstić information content (AvgIpc) is 2.87. The molecule has 0 aromatic carbocycles. The number of aromatic nitrogens is 2. The van der Waals surface area contributed by atoms with Crippen molar-refractivity contribution in [2.24, 2.45) is 0 Å². The summed E-state index contributed by atoms with van der Waals surface area (Å²) < 4.78 is 1.84. The van der Waals surface area contributed by atoms with Crippen molar-refractivity contribution in [2.45, 2.75) is 26.3 Å². The summed E-state index contributed by atoms with van der Waals surface area (Å²) in [5.74, 6) is -0.460. The Morgan fingerprint density at radius 2 is 2.35 bits per heavy atom. The van der Waals surface area contributed by atoms with E-state index < -0.39 is 5.97 Å². The van der Waals surface area contributed by atoms with Gasteiger partial charge in [-0.3, -0.25) is 0 Å². The van der Waals surface area contributed by atoms with Gasteiger partial charge in [0, 0.05) is 23.7 Å². The first kappa shape index (κ1) is 11.9. The highest BCUT2D eigenvalue weighted by atomic mass is 32.1. The molecule has 0 amide bonds. The van der Waals surface area contributed by atoms with Crippen molar-refractivity contribution in [3.8, 4) is 0 Å². The maximum Gasteiger partial charge on any atom is 0.337 e. The zero-order chi connectivity index (χ0) is 12.4. The van der Waals surface area contributed by atoms with Gasteiger partial charge in [0.05, 0.1) is 22.8 Å². The van der Waals surface area contributed by atoms with E-state index in [-0.39, 0.29) is 0 Å². The Morgan fingerprint density at radius 1 is 1.59 bits per heavy atom. The topological polar surface area (TPSA) is 55.1 Å². The van der Waals surface area contributed by atoms with Crippen LogP contribution in [0.5, 0.6) is 0 Å². The molecule has 0 radical (unpaired) electrons. The van der Waals surface area contributed by atoms with Gasteiger partial charge in [0.25, 0.3) is 0 Å². The van der Waals surface area contributed by atoms with Crippen molar-refractivity contribution < 1.29 is 9.90 Å². The lowest BCUT2D eigenvalue weighted by Crippen LogP contribution is -1.99. The van der Waals surface area contributed by atoms with E-state index >= 15 is 0 Å². The van der Waals surface area contributed by atoms with Crippen LogP contribution in [0.15, 0.2) is 23.8 Å². The standard InChI is InChI=1S/C12H14N2O2S/c1-8(2)11-13-10(7-17-11)6-14-4-3-9(5-14)12(15)16/h3-5,7-8H,6H2,1-2H3,(H,15,16). The summed E-state index contributed by atoms with van der Waals surface area (Å²) in [6.07, 6.45) is 3.38. The molecule has 0 aliphatic heterocycles. The van der Waals surface area contributed by atoms with E-state index in [2.05, 4.69) is 18.8 Å². The lowest BCUT2D eigenvalue weighted by molar-refractivity contribution is 0.0697. The van der Waals surface area contributed by atoms with Gasteiger partial charge < -0.3 is 9.67 Å². The molecule has 4 nitrogen and oxygen atoms in total. The quantitative estimate of drug-likeness (QED) is 0.907. The number of hydrogen-bond acceptors (Lipinski definition) is 3. The highest BCUT2D eigenvalue weighted by molar-refractivity contribution is 7.09. The number of thiazole rings is 1. The Morgan fingerprint density at radius 3 is 2.88 bits per heavy atom. The van der Waals surface area contributed by atoms with E-state index in [0.29, 0.717) is 18.0 Å². The van der Waals surface area contributed by atoms with Gasteiger partial charge in [-0.1, -0.05) is 13.8 Å². The van der Waals surface area contributed by atoms with Crippen LogP contribution in [-0.4, -0.2) is 20.6 Å². The van der Waals surface area contributed by atoms with Crippen LogP contribution in [0.25, 0.3) is 0 Å². The maximum absolute atomic E-state index is 10.7. The van der Waals surface area contributed by atoms with Crippen LogP contribution in [-0.2, 0) is 6.54 Å². The molecule has 17 heavy (non-hydrogen) atoms. The molecule has 0 spiro atoms. The maximum atomic E-state index is 10.7. The summed E-state index contributed by atoms with van der Waals surface area (Å²) in [6.45, 7) is 4.85. The summed E-state index contributed by atoms with van der Waals surface area (Å²) in [5.41, 5.74) is 1.29. The fraction of sp³-hybridized carbons (Fsp3) is 0.333. The molecule has 2 aromatic rings. The summed E-state index contributed by atoms with van der Waals surface area (Å²) in [6, 6.07) is 1.60. The number of nitrogens with zero attached hydrogens (tertiary/aromatic N) is 2. The third-order valence-corrected chi connectivity index (χ3v) is 3.60. The Bertz CT molecular complexity index is 528. The lowest BCUT2D eigenvalue weighted by atomic mass is 10.2. The van der Waals surface area contributed by atoms with Crippen LogP contribution < -0.4 is 0 Å². The molecule has 2 rings (SSSR count). The number of carbonyl (C=O) groups is 1. The monoisotopic (exact) mass is 250 g/mol. The molecule has 0 atom stereocenters. The van der Waals surface area contributed by atoms with Crippen LogP contribution in [0.2, 0.25) is 0 Å². The Labute approximate surface area is 104 Å². The smallest absolute Gasteiger partial charge is 0.337 e. The highest BCUT2D eigenvalue weighted by Gasteiger charge is 2.08. The van der Waals surface area contributed by atoms with Gasteiger partial charge in [0.2, 0.25) is 0 Å². The molecule has 0 bridgehead atoms. The van der Waals surface area contributed by atoms with Crippen molar-refractivity contribution in [3.05, 3.63) is 40.1 Å². The van der Waals surface area contributed by atoms with Crippen molar-refractivity contribution in [1.29, 1.82) is 0 Å². The van der Waals surface area contributed by atoms with Gasteiger partial charge in [-0.05, 0) is 6.07 Å². The predicted octanol–water partition coefficient (Wildman–Crippen LogP) is 2.81. The molecule has 0 fully saturated rings. The molecule has 1 N–H and O–H groups in total. The number of carboxylic acid groups (broad SMARTS) is 1. The minimum atomic E-state index is -0.898. The van der Waals surface area contributed by atoms with Gasteiger partial charge in [-0.2, -0.15) is 0 Å². The Hall–Kier alpha value is -1.62. The van der Waals surface area contributed by atoms with Crippen LogP contribution in [0, 0.1) is 0 Å². The molecule has 0 aliphatic rings. The molecule has 0 saturated heterocycles. The minimum Gasteiger partial charge on any atom is -0.478 e. The lowest BCUT2D eigenvalue weighted by Gasteiger charge is -1.99. The molecule has 2 heterocycles. The third kappa shape index (κ3) is 2.74. The summed E-state index contributed by atoms with van der Waals surface area (Å²) >= 11 is 1.65. The van der Waals surface area contributed by atoms with Crippen molar-refractivity contribution >= 4 is 17.3 Å². The molecule has 0 saturated carbocycles. The molecule has 5 heteroatoms. The minimum absolute atomic E-state index is 0.310. The number of hydrogen-bond donors (Lipinski definition) is 1. The largest absolute Gasteiger partial charge is 0.478 e. The number of aromatic carboxylic acids is 1. The second-order valence-corrected chi connectivity index (χ2v) is 5.10. The van der Waals surface area contributed by atoms with Crippen LogP contribution in [0.4, 0.5) is 0 Å². The fourth-order valence-corrected chi connectivity index (χ4v) is 2.34. The van der Waals surface area contributed by atoms with E-state index in [0.717, 1.165) is 10.7 Å². The van der Waals surface area contributed by atoms with Crippen LogP contribution in [0.1, 0.15) is 40.8 Å². The van der Waals surface area contributed by atoms with Gasteiger partial charge in [-0.25, -0.2) is 9.78 Å². The molecule has 0 aliphatic carbocycles. The van der Waals surface area contributed by atoms with Gasteiger partial charge in [-0.15, -0.1) is 11.3 Å². The highest BCUT2D eigenvalue weighted by Crippen LogP contribution is 2.19. The van der Waals surface area contributed by atoms with Gasteiger partial charge in [0.15, 0.2) is 0 Å². The number of carboxylic acids is 1. The van der Waals surface area contributed by atoms with E-state index in [4.69, 9.17) is 5.11 Å². The molecule has 90 valence electrons. The second-order valence-electron chi connectivity index (χ2n) is 4.21. The first-order valence-corrected chi connectivity index (χ1v) is 6.27. The van der Waals surface area contributed by atoms with Crippen molar-refractivity contribution in [2.75, 3.05) is 0 Å². The third-order valence-electron chi connectivity index (χ3n) is 2.41. The normalized spacial score (nSPS) is 11.0. The van der Waals surface area contributed by atoms with E-state index in [9.17, 15) is 4.79 Å². The van der Waals surface area contributed by atoms with Gasteiger partial charge >= 0.3 is 5.97 Å². The predicted molar refractivity (Wildman–Crippen MR) is 66.7 cm³/mol. The summed E-state index contributed by atoms with van der Waals surface area (Å²) in [7, 11) is 0. The summed E-state index contributed by atoms with van der Waals surface area (Å²) in [4.78, 5) is 15.2. The second kappa shape index (κ2) is 4.71. The van der Waals surface area contributed by atoms with Crippen molar-refractivity contribution in [1.82, 2.24) is 9.55 Å². The fourth-order valence-electron chi connectivity index (χ4n) is 1.51. The average molecular weight is 250 g/mol. The SMILES string of the molecule is CC(C)c1nc(Cn2ccc(C(=O)O)c2)cs1. The number of rotatable bonds is 4. The first-order valence-electron chi connectivity index (χ1n) is 5.39. The van der Waals surface area contributed by atoms with Crippen LogP contribution in [0.3, 0.4) is 0 Å². The van der Waals surface area contributed by atoms with Crippen molar-refractivity contribution in [3.63, 3.8) is 0 Å². The molecule has 2 aromatic heterocycles. The van der Waals surface area contributed by atoms with Crippen LogP contribution >= 0.6 is 11.3 Å². The van der Waals surface area contributed by atoms with E-state index in [1.807, 2.05) is 9.95 Å². The zero-order valence-electron chi connectivity index (χ0n) is 9.75. The molecular formula is C12H14N2O2S. The van der Waals surface area contributed by atoms with E-state index in [1.54, 1.807) is 29.8 Å².